The molecule has 124 valence electrons. The van der Waals surface area contributed by atoms with Gasteiger partial charge in [0.2, 0.25) is 5.78 Å². The highest BCUT2D eigenvalue weighted by Gasteiger charge is 2.35. The molecule has 0 amide bonds. The molecule has 0 fully saturated rings. The number of methoxy groups -OCH3 is 1. The third-order valence-corrected chi connectivity index (χ3v) is 4.18. The molecule has 0 saturated carbocycles. The van der Waals surface area contributed by atoms with E-state index in [9.17, 15) is 14.7 Å². The Hall–Kier alpha value is -2.34. The number of aryl methyl sites for hydroxylation is 1. The standard InChI is InChI=1S/C18H15BrO5/c1-9-5-11-15(13(20)6-9)18(22)16-12(17(11)21)7-10(23-2)8-14(16)24-4-3-19/h5-8,20H,3-4H2,1-2H3. The second-order valence-corrected chi connectivity index (χ2v) is 6.24. The first-order valence-electron chi connectivity index (χ1n) is 7.31. The number of carbonyl (C=O) groups excluding carboxylic acids is 2. The number of phenols is 1. The van der Waals surface area contributed by atoms with Crippen LogP contribution in [0, 0.1) is 6.92 Å². The van der Waals surface area contributed by atoms with Crippen molar-refractivity contribution in [1.29, 1.82) is 0 Å². The van der Waals surface area contributed by atoms with Crippen LogP contribution in [0.3, 0.4) is 0 Å². The normalized spacial score (nSPS) is 12.6. The number of aromatic hydroxyl groups is 1. The predicted molar refractivity (Wildman–Crippen MR) is 92.0 cm³/mol. The number of carbonyl (C=O) groups is 2. The average Bonchev–Trinajstić information content (AvgIpc) is 2.56. The number of halogens is 1. The van der Waals surface area contributed by atoms with Crippen molar-refractivity contribution in [2.24, 2.45) is 0 Å². The zero-order valence-electron chi connectivity index (χ0n) is 13.2. The monoisotopic (exact) mass is 390 g/mol. The van der Waals surface area contributed by atoms with Crippen molar-refractivity contribution in [2.75, 3.05) is 19.0 Å². The summed E-state index contributed by atoms with van der Waals surface area (Å²) in [7, 11) is 1.48. The van der Waals surface area contributed by atoms with E-state index in [4.69, 9.17) is 9.47 Å². The summed E-state index contributed by atoms with van der Waals surface area (Å²) >= 11 is 3.26. The first-order chi connectivity index (χ1) is 11.5. The van der Waals surface area contributed by atoms with Crippen LogP contribution in [-0.4, -0.2) is 35.7 Å². The Kier molecular flexibility index (Phi) is 4.32. The zero-order chi connectivity index (χ0) is 17.4. The number of ether oxygens (including phenoxy) is 2. The van der Waals surface area contributed by atoms with Crippen LogP contribution in [0.5, 0.6) is 17.2 Å². The predicted octanol–water partition coefficient (Wildman–Crippen LogP) is 3.26. The Morgan fingerprint density at radius 3 is 2.42 bits per heavy atom. The summed E-state index contributed by atoms with van der Waals surface area (Å²) in [6.07, 6.45) is 0. The molecule has 0 atom stereocenters. The summed E-state index contributed by atoms with van der Waals surface area (Å²) in [5.74, 6) is -0.255. The smallest absolute Gasteiger partial charge is 0.201 e. The Balaban J connectivity index is 2.27. The first kappa shape index (κ1) is 16.5. The highest BCUT2D eigenvalue weighted by atomic mass is 79.9. The van der Waals surface area contributed by atoms with Gasteiger partial charge in [0, 0.05) is 22.5 Å². The summed E-state index contributed by atoms with van der Waals surface area (Å²) in [6, 6.07) is 6.18. The van der Waals surface area contributed by atoms with Gasteiger partial charge in [-0.2, -0.15) is 0 Å². The van der Waals surface area contributed by atoms with E-state index in [1.165, 1.54) is 19.2 Å². The first-order valence-corrected chi connectivity index (χ1v) is 8.44. The van der Waals surface area contributed by atoms with Gasteiger partial charge in [0.15, 0.2) is 5.78 Å². The average molecular weight is 391 g/mol. The maximum Gasteiger partial charge on any atom is 0.201 e. The molecule has 1 aliphatic rings. The fraction of sp³-hybridized carbons (Fsp3) is 0.222. The number of alkyl halides is 1. The Morgan fingerprint density at radius 2 is 1.75 bits per heavy atom. The second-order valence-electron chi connectivity index (χ2n) is 5.45. The lowest BCUT2D eigenvalue weighted by atomic mass is 9.82. The third kappa shape index (κ3) is 2.57. The molecular formula is C18H15BrO5. The quantitative estimate of drug-likeness (QED) is 0.692. The molecule has 1 N–H and O–H groups in total. The molecule has 6 heteroatoms. The van der Waals surface area contributed by atoms with Crippen LogP contribution < -0.4 is 9.47 Å². The maximum atomic E-state index is 12.9. The van der Waals surface area contributed by atoms with Gasteiger partial charge in [0.1, 0.15) is 17.2 Å². The van der Waals surface area contributed by atoms with Crippen LogP contribution in [0.2, 0.25) is 0 Å². The van der Waals surface area contributed by atoms with E-state index in [1.54, 1.807) is 19.1 Å². The SMILES string of the molecule is COc1cc(OCCBr)c2c(c1)C(=O)c1cc(C)cc(O)c1C2=O. The summed E-state index contributed by atoms with van der Waals surface area (Å²) in [5, 5.41) is 10.7. The highest BCUT2D eigenvalue weighted by molar-refractivity contribution is 9.09. The van der Waals surface area contributed by atoms with Crippen molar-refractivity contribution in [2.45, 2.75) is 6.92 Å². The molecule has 0 aromatic heterocycles. The number of hydrogen-bond acceptors (Lipinski definition) is 5. The van der Waals surface area contributed by atoms with Gasteiger partial charge >= 0.3 is 0 Å². The van der Waals surface area contributed by atoms with Crippen LogP contribution in [0.4, 0.5) is 0 Å². The molecule has 24 heavy (non-hydrogen) atoms. The topological polar surface area (TPSA) is 72.8 Å². The Labute approximate surface area is 147 Å². The minimum absolute atomic E-state index is 0.0203. The van der Waals surface area contributed by atoms with Gasteiger partial charge in [-0.05, 0) is 30.7 Å². The molecule has 0 spiro atoms. The maximum absolute atomic E-state index is 12.9. The molecule has 0 saturated heterocycles. The van der Waals surface area contributed by atoms with Gasteiger partial charge < -0.3 is 14.6 Å². The number of rotatable bonds is 4. The lowest BCUT2D eigenvalue weighted by molar-refractivity contribution is 0.0973. The van der Waals surface area contributed by atoms with Gasteiger partial charge in [-0.25, -0.2) is 0 Å². The molecule has 0 unspecified atom stereocenters. The van der Waals surface area contributed by atoms with Crippen molar-refractivity contribution >= 4 is 27.5 Å². The fourth-order valence-corrected chi connectivity index (χ4v) is 3.00. The number of benzene rings is 2. The minimum Gasteiger partial charge on any atom is -0.507 e. The van der Waals surface area contributed by atoms with E-state index in [0.717, 1.165) is 0 Å². The fourth-order valence-electron chi connectivity index (χ4n) is 2.84. The summed E-state index contributed by atoms with van der Waals surface area (Å²) in [4.78, 5) is 25.8. The van der Waals surface area contributed by atoms with Gasteiger partial charge in [0.25, 0.3) is 0 Å². The van der Waals surface area contributed by atoms with Crippen LogP contribution >= 0.6 is 15.9 Å². The van der Waals surface area contributed by atoms with Crippen molar-refractivity contribution in [3.05, 3.63) is 52.1 Å². The van der Waals surface area contributed by atoms with E-state index in [-0.39, 0.29) is 39.5 Å². The van der Waals surface area contributed by atoms with E-state index in [1.807, 2.05) is 0 Å². The van der Waals surface area contributed by atoms with Gasteiger partial charge in [0.05, 0.1) is 24.8 Å². The third-order valence-electron chi connectivity index (χ3n) is 3.85. The lowest BCUT2D eigenvalue weighted by Crippen LogP contribution is -2.22. The minimum atomic E-state index is -0.427. The number of fused-ring (bicyclic) bond motifs is 2. The molecule has 0 heterocycles. The number of hydrogen-bond donors (Lipinski definition) is 1. The molecule has 2 aromatic carbocycles. The van der Waals surface area contributed by atoms with Crippen molar-refractivity contribution < 1.29 is 24.2 Å². The van der Waals surface area contributed by atoms with Crippen LogP contribution in [-0.2, 0) is 0 Å². The lowest BCUT2D eigenvalue weighted by Gasteiger charge is -2.22. The molecular weight excluding hydrogens is 376 g/mol. The molecule has 2 aromatic rings. The van der Waals surface area contributed by atoms with E-state index < -0.39 is 5.78 Å². The van der Waals surface area contributed by atoms with Crippen molar-refractivity contribution in [3.63, 3.8) is 0 Å². The molecule has 0 aliphatic heterocycles. The van der Waals surface area contributed by atoms with Crippen molar-refractivity contribution in [3.8, 4) is 17.2 Å². The van der Waals surface area contributed by atoms with Crippen LogP contribution in [0.15, 0.2) is 24.3 Å². The van der Waals surface area contributed by atoms with E-state index in [2.05, 4.69) is 15.9 Å². The van der Waals surface area contributed by atoms with Gasteiger partial charge in [-0.3, -0.25) is 9.59 Å². The second kappa shape index (κ2) is 6.28. The molecule has 3 rings (SSSR count). The highest BCUT2D eigenvalue weighted by Crippen LogP contribution is 2.39. The molecule has 0 radical (unpaired) electrons. The zero-order valence-corrected chi connectivity index (χ0v) is 14.8. The van der Waals surface area contributed by atoms with Crippen LogP contribution in [0.1, 0.15) is 37.4 Å². The van der Waals surface area contributed by atoms with Crippen molar-refractivity contribution in [1.82, 2.24) is 0 Å². The Morgan fingerprint density at radius 1 is 1.04 bits per heavy atom. The summed E-state index contributed by atoms with van der Waals surface area (Å²) in [6.45, 7) is 2.08. The largest absolute Gasteiger partial charge is 0.507 e. The molecule has 0 bridgehead atoms. The number of ketones is 2. The molecule has 1 aliphatic carbocycles. The summed E-state index contributed by atoms with van der Waals surface area (Å²) < 4.78 is 10.8. The van der Waals surface area contributed by atoms with Crippen LogP contribution in [0.25, 0.3) is 0 Å². The van der Waals surface area contributed by atoms with Gasteiger partial charge in [-0.15, -0.1) is 0 Å². The summed E-state index contributed by atoms with van der Waals surface area (Å²) in [5.41, 5.74) is 1.31. The van der Waals surface area contributed by atoms with Gasteiger partial charge in [-0.1, -0.05) is 15.9 Å². The van der Waals surface area contributed by atoms with E-state index >= 15 is 0 Å². The molecule has 5 nitrogen and oxygen atoms in total. The van der Waals surface area contributed by atoms with E-state index in [0.29, 0.717) is 23.2 Å². The Bertz CT molecular complexity index is 857. The number of phenolic OH excluding ortho intramolecular Hbond substituents is 1.